The van der Waals surface area contributed by atoms with Crippen molar-refractivity contribution in [1.29, 1.82) is 0 Å². The minimum Gasteiger partial charge on any atom is -0.0990 e. The van der Waals surface area contributed by atoms with E-state index in [4.69, 9.17) is 0 Å². The van der Waals surface area contributed by atoms with Crippen molar-refractivity contribution < 1.29 is 0 Å². The van der Waals surface area contributed by atoms with E-state index in [-0.39, 0.29) is 0 Å². The molecule has 0 N–H and O–H groups in total. The SMILES string of the molecule is C=C(C)C(Br)CCC. The lowest BCUT2D eigenvalue weighted by Gasteiger charge is -2.04. The van der Waals surface area contributed by atoms with E-state index in [9.17, 15) is 0 Å². The van der Waals surface area contributed by atoms with Gasteiger partial charge in [0.2, 0.25) is 0 Å². The third-order valence-corrected chi connectivity index (χ3v) is 2.32. The Morgan fingerprint density at radius 3 is 2.38 bits per heavy atom. The molecule has 1 heteroatoms. The lowest BCUT2D eigenvalue weighted by atomic mass is 10.1. The Morgan fingerprint density at radius 2 is 2.25 bits per heavy atom. The first-order valence-corrected chi connectivity index (χ1v) is 3.89. The van der Waals surface area contributed by atoms with Crippen LogP contribution in [0.3, 0.4) is 0 Å². The molecule has 0 aliphatic heterocycles. The maximum Gasteiger partial charge on any atom is 0.0349 e. The zero-order valence-electron chi connectivity index (χ0n) is 5.58. The van der Waals surface area contributed by atoms with Gasteiger partial charge in [0.15, 0.2) is 0 Å². The van der Waals surface area contributed by atoms with Crippen molar-refractivity contribution in [3.05, 3.63) is 12.2 Å². The molecule has 0 aliphatic rings. The Balaban J connectivity index is 3.32. The Labute approximate surface area is 60.1 Å². The van der Waals surface area contributed by atoms with Crippen LogP contribution in [0, 0.1) is 0 Å². The lowest BCUT2D eigenvalue weighted by molar-refractivity contribution is 0.812. The van der Waals surface area contributed by atoms with Crippen molar-refractivity contribution in [3.8, 4) is 0 Å². The number of alkyl halides is 1. The Morgan fingerprint density at radius 1 is 1.75 bits per heavy atom. The highest BCUT2D eigenvalue weighted by Gasteiger charge is 1.99. The van der Waals surface area contributed by atoms with Gasteiger partial charge in [0.1, 0.15) is 0 Å². The van der Waals surface area contributed by atoms with Crippen LogP contribution in [0.25, 0.3) is 0 Å². The zero-order chi connectivity index (χ0) is 6.57. The van der Waals surface area contributed by atoms with E-state index in [0.717, 1.165) is 0 Å². The minimum absolute atomic E-state index is 0.535. The number of halogens is 1. The van der Waals surface area contributed by atoms with Gasteiger partial charge in [-0.05, 0) is 13.3 Å². The summed E-state index contributed by atoms with van der Waals surface area (Å²) < 4.78 is 0. The largest absolute Gasteiger partial charge is 0.0990 e. The summed E-state index contributed by atoms with van der Waals surface area (Å²) in [7, 11) is 0. The number of hydrogen-bond acceptors (Lipinski definition) is 0. The number of allylic oxidation sites excluding steroid dienone is 1. The number of rotatable bonds is 3. The molecule has 0 aromatic rings. The fourth-order valence-corrected chi connectivity index (χ4v) is 0.958. The van der Waals surface area contributed by atoms with Gasteiger partial charge in [-0.15, -0.1) is 0 Å². The van der Waals surface area contributed by atoms with Crippen LogP contribution >= 0.6 is 15.9 Å². The van der Waals surface area contributed by atoms with Crippen LogP contribution in [0.4, 0.5) is 0 Å². The van der Waals surface area contributed by atoms with Gasteiger partial charge in [-0.3, -0.25) is 0 Å². The molecule has 1 unspecified atom stereocenters. The lowest BCUT2D eigenvalue weighted by Crippen LogP contribution is -1.95. The van der Waals surface area contributed by atoms with Gasteiger partial charge in [0.25, 0.3) is 0 Å². The monoisotopic (exact) mass is 176 g/mol. The summed E-state index contributed by atoms with van der Waals surface area (Å²) in [5, 5.41) is 0. The zero-order valence-corrected chi connectivity index (χ0v) is 7.16. The van der Waals surface area contributed by atoms with Crippen molar-refractivity contribution in [1.82, 2.24) is 0 Å². The van der Waals surface area contributed by atoms with E-state index in [0.29, 0.717) is 4.83 Å². The molecule has 0 aliphatic carbocycles. The Bertz CT molecular complexity index is 76.5. The molecule has 0 aromatic heterocycles. The van der Waals surface area contributed by atoms with E-state index in [1.54, 1.807) is 0 Å². The third kappa shape index (κ3) is 3.25. The molecule has 0 fully saturated rings. The van der Waals surface area contributed by atoms with Gasteiger partial charge in [0, 0.05) is 4.83 Å². The molecule has 1 atom stereocenters. The smallest absolute Gasteiger partial charge is 0.0349 e. The third-order valence-electron chi connectivity index (χ3n) is 1.08. The summed E-state index contributed by atoms with van der Waals surface area (Å²) in [6.45, 7) is 8.06. The summed E-state index contributed by atoms with van der Waals surface area (Å²) in [5.74, 6) is 0. The fraction of sp³-hybridized carbons (Fsp3) is 0.714. The number of hydrogen-bond donors (Lipinski definition) is 0. The molecule has 0 saturated heterocycles. The molecule has 0 bridgehead atoms. The van der Waals surface area contributed by atoms with Crippen molar-refractivity contribution in [2.24, 2.45) is 0 Å². The Kier molecular flexibility index (Phi) is 4.25. The molecule has 48 valence electrons. The highest BCUT2D eigenvalue weighted by atomic mass is 79.9. The molecule has 0 radical (unpaired) electrons. The van der Waals surface area contributed by atoms with Gasteiger partial charge in [-0.2, -0.15) is 0 Å². The minimum atomic E-state index is 0.535. The molecule has 0 spiro atoms. The van der Waals surface area contributed by atoms with Crippen molar-refractivity contribution in [3.63, 3.8) is 0 Å². The molecule has 0 nitrogen and oxygen atoms in total. The van der Waals surface area contributed by atoms with Gasteiger partial charge in [-0.1, -0.05) is 41.4 Å². The van der Waals surface area contributed by atoms with Gasteiger partial charge in [0.05, 0.1) is 0 Å². The first-order chi connectivity index (χ1) is 3.68. The first kappa shape index (κ1) is 8.22. The average Bonchev–Trinajstić information content (AvgIpc) is 1.67. The fourth-order valence-electron chi connectivity index (χ4n) is 0.500. The average molecular weight is 177 g/mol. The summed E-state index contributed by atoms with van der Waals surface area (Å²) >= 11 is 3.50. The second-order valence-electron chi connectivity index (χ2n) is 2.10. The van der Waals surface area contributed by atoms with E-state index in [2.05, 4.69) is 36.4 Å². The van der Waals surface area contributed by atoms with Crippen molar-refractivity contribution in [2.45, 2.75) is 31.5 Å². The first-order valence-electron chi connectivity index (χ1n) is 2.98. The molecule has 8 heavy (non-hydrogen) atoms. The van der Waals surface area contributed by atoms with Gasteiger partial charge < -0.3 is 0 Å². The Hall–Kier alpha value is 0.220. The molecule has 0 aromatic carbocycles. The van der Waals surface area contributed by atoms with Crippen molar-refractivity contribution in [2.75, 3.05) is 0 Å². The van der Waals surface area contributed by atoms with Crippen LogP contribution in [-0.4, -0.2) is 4.83 Å². The maximum absolute atomic E-state index is 3.83. The molecule has 0 rings (SSSR count). The van der Waals surface area contributed by atoms with E-state index in [1.165, 1.54) is 18.4 Å². The van der Waals surface area contributed by atoms with Crippen LogP contribution in [0.15, 0.2) is 12.2 Å². The summed E-state index contributed by atoms with van der Waals surface area (Å²) in [4.78, 5) is 0.535. The van der Waals surface area contributed by atoms with Gasteiger partial charge >= 0.3 is 0 Å². The summed E-state index contributed by atoms with van der Waals surface area (Å²) in [5.41, 5.74) is 1.23. The van der Waals surface area contributed by atoms with Crippen LogP contribution in [0.2, 0.25) is 0 Å². The summed E-state index contributed by atoms with van der Waals surface area (Å²) in [6, 6.07) is 0. The molecular weight excluding hydrogens is 164 g/mol. The van der Waals surface area contributed by atoms with Crippen LogP contribution in [0.5, 0.6) is 0 Å². The normalized spacial score (nSPS) is 13.4. The highest BCUT2D eigenvalue weighted by Crippen LogP contribution is 2.14. The maximum atomic E-state index is 3.83. The van der Waals surface area contributed by atoms with Crippen LogP contribution in [-0.2, 0) is 0 Å². The molecule has 0 amide bonds. The van der Waals surface area contributed by atoms with E-state index < -0.39 is 0 Å². The van der Waals surface area contributed by atoms with E-state index >= 15 is 0 Å². The second-order valence-corrected chi connectivity index (χ2v) is 3.21. The van der Waals surface area contributed by atoms with Crippen molar-refractivity contribution >= 4 is 15.9 Å². The predicted molar refractivity (Wildman–Crippen MR) is 42.4 cm³/mol. The van der Waals surface area contributed by atoms with Gasteiger partial charge in [-0.25, -0.2) is 0 Å². The quantitative estimate of drug-likeness (QED) is 0.459. The molecular formula is C7H13Br. The van der Waals surface area contributed by atoms with E-state index in [1.807, 2.05) is 0 Å². The molecule has 0 heterocycles. The van der Waals surface area contributed by atoms with Crippen LogP contribution in [0.1, 0.15) is 26.7 Å². The highest BCUT2D eigenvalue weighted by molar-refractivity contribution is 9.09. The van der Waals surface area contributed by atoms with Crippen LogP contribution < -0.4 is 0 Å². The second kappa shape index (κ2) is 4.13. The summed E-state index contributed by atoms with van der Waals surface area (Å²) in [6.07, 6.45) is 2.43. The molecule has 0 saturated carbocycles. The predicted octanol–water partition coefficient (Wildman–Crippen LogP) is 3.13. The standard InChI is InChI=1S/C7H13Br/c1-4-5-7(8)6(2)3/h7H,2,4-5H2,1,3H3. The topological polar surface area (TPSA) is 0 Å².